The standard InChI is InChI=1S/C18H19N5O4S/c19-28(26,27)13-5-6-16(17(11-13)23(24)25)22-9-7-12(8-10-22)18-20-14-3-1-2-4-15(14)21-18/h1-6,11-12H,7-10H2,(H,20,21)(H2,19,26,27). The van der Waals surface area contributed by atoms with Crippen LogP contribution in [-0.4, -0.2) is 36.4 Å². The summed E-state index contributed by atoms with van der Waals surface area (Å²) >= 11 is 0. The fourth-order valence-electron chi connectivity index (χ4n) is 3.65. The molecule has 1 aliphatic heterocycles. The first kappa shape index (κ1) is 18.4. The molecule has 1 saturated heterocycles. The lowest BCUT2D eigenvalue weighted by molar-refractivity contribution is -0.384. The number of nitrogens with zero attached hydrogens (tertiary/aromatic N) is 3. The van der Waals surface area contributed by atoms with Gasteiger partial charge in [0.05, 0.1) is 20.9 Å². The number of nitrogens with one attached hydrogen (secondary N) is 1. The number of piperidine rings is 1. The molecule has 2 heterocycles. The highest BCUT2D eigenvalue weighted by molar-refractivity contribution is 7.89. The number of hydrogen-bond donors (Lipinski definition) is 2. The fourth-order valence-corrected chi connectivity index (χ4v) is 4.19. The second-order valence-corrected chi connectivity index (χ2v) is 8.41. The van der Waals surface area contributed by atoms with Gasteiger partial charge in [0, 0.05) is 25.1 Å². The number of para-hydroxylation sites is 2. The molecule has 0 bridgehead atoms. The number of nitro groups is 1. The smallest absolute Gasteiger partial charge is 0.293 e. The van der Waals surface area contributed by atoms with Crippen molar-refractivity contribution in [2.45, 2.75) is 23.7 Å². The number of fused-ring (bicyclic) bond motifs is 1. The minimum Gasteiger partial charge on any atom is -0.366 e. The van der Waals surface area contributed by atoms with Gasteiger partial charge in [-0.1, -0.05) is 12.1 Å². The van der Waals surface area contributed by atoms with Gasteiger partial charge in [0.25, 0.3) is 5.69 Å². The molecule has 0 amide bonds. The molecule has 0 radical (unpaired) electrons. The number of rotatable bonds is 4. The Hall–Kier alpha value is -2.98. The molecule has 4 rings (SSSR count). The highest BCUT2D eigenvalue weighted by Crippen LogP contribution is 2.35. The normalized spacial score (nSPS) is 15.8. The van der Waals surface area contributed by atoms with E-state index in [1.54, 1.807) is 0 Å². The number of sulfonamides is 1. The Labute approximate surface area is 161 Å². The van der Waals surface area contributed by atoms with Gasteiger partial charge in [-0.15, -0.1) is 0 Å². The van der Waals surface area contributed by atoms with Gasteiger partial charge in [0.2, 0.25) is 10.0 Å². The van der Waals surface area contributed by atoms with Crippen molar-refractivity contribution in [1.29, 1.82) is 0 Å². The zero-order chi connectivity index (χ0) is 19.9. The monoisotopic (exact) mass is 401 g/mol. The van der Waals surface area contributed by atoms with Crippen molar-refractivity contribution in [3.8, 4) is 0 Å². The van der Waals surface area contributed by atoms with Crippen molar-refractivity contribution in [2.24, 2.45) is 5.14 Å². The van der Waals surface area contributed by atoms with Crippen LogP contribution in [0.1, 0.15) is 24.6 Å². The van der Waals surface area contributed by atoms with Crippen LogP contribution in [0.2, 0.25) is 0 Å². The van der Waals surface area contributed by atoms with Crippen LogP contribution in [-0.2, 0) is 10.0 Å². The first-order chi connectivity index (χ1) is 13.3. The van der Waals surface area contributed by atoms with Crippen molar-refractivity contribution in [3.63, 3.8) is 0 Å². The van der Waals surface area contributed by atoms with Gasteiger partial charge in [0.1, 0.15) is 11.5 Å². The van der Waals surface area contributed by atoms with Gasteiger partial charge in [-0.2, -0.15) is 0 Å². The van der Waals surface area contributed by atoms with Crippen LogP contribution in [0.5, 0.6) is 0 Å². The predicted molar refractivity (Wildman–Crippen MR) is 105 cm³/mol. The van der Waals surface area contributed by atoms with Crippen LogP contribution in [0.15, 0.2) is 47.4 Å². The van der Waals surface area contributed by atoms with E-state index in [0.29, 0.717) is 18.8 Å². The predicted octanol–water partition coefficient (Wildman–Crippen LogP) is 2.50. The number of aromatic nitrogens is 2. The Morgan fingerprint density at radius 3 is 2.54 bits per heavy atom. The summed E-state index contributed by atoms with van der Waals surface area (Å²) < 4.78 is 23.0. The molecule has 0 aliphatic carbocycles. The molecule has 1 aliphatic rings. The van der Waals surface area contributed by atoms with E-state index in [1.807, 2.05) is 29.2 Å². The Kier molecular flexibility index (Phi) is 4.52. The quantitative estimate of drug-likeness (QED) is 0.509. The third-order valence-electron chi connectivity index (χ3n) is 5.10. The molecule has 1 fully saturated rings. The molecule has 28 heavy (non-hydrogen) atoms. The van der Waals surface area contributed by atoms with Gasteiger partial charge in [-0.05, 0) is 37.1 Å². The topological polar surface area (TPSA) is 135 Å². The first-order valence-electron chi connectivity index (χ1n) is 8.84. The summed E-state index contributed by atoms with van der Waals surface area (Å²) in [6.45, 7) is 1.22. The molecule has 1 aromatic heterocycles. The average Bonchev–Trinajstić information content (AvgIpc) is 3.11. The van der Waals surface area contributed by atoms with Gasteiger partial charge < -0.3 is 9.88 Å². The number of primary sulfonamides is 1. The second kappa shape index (κ2) is 6.88. The number of hydrogen-bond acceptors (Lipinski definition) is 6. The van der Waals surface area contributed by atoms with E-state index in [4.69, 9.17) is 5.14 Å². The van der Waals surface area contributed by atoms with E-state index in [-0.39, 0.29) is 16.5 Å². The maximum Gasteiger partial charge on any atom is 0.293 e. The Morgan fingerprint density at radius 2 is 1.89 bits per heavy atom. The van der Waals surface area contributed by atoms with Crippen LogP contribution in [0.4, 0.5) is 11.4 Å². The molecule has 2 aromatic carbocycles. The van der Waals surface area contributed by atoms with Crippen molar-refractivity contribution >= 4 is 32.4 Å². The number of anilines is 1. The maximum atomic E-state index is 11.5. The molecule has 0 spiro atoms. The summed E-state index contributed by atoms with van der Waals surface area (Å²) in [7, 11) is -4.00. The lowest BCUT2D eigenvalue weighted by atomic mass is 9.95. The van der Waals surface area contributed by atoms with E-state index in [2.05, 4.69) is 9.97 Å². The third-order valence-corrected chi connectivity index (χ3v) is 6.01. The summed E-state index contributed by atoms with van der Waals surface area (Å²) in [5.74, 6) is 1.17. The third kappa shape index (κ3) is 3.43. The van der Waals surface area contributed by atoms with Crippen LogP contribution in [0, 0.1) is 10.1 Å². The molecule has 0 atom stereocenters. The van der Waals surface area contributed by atoms with Crippen molar-refractivity contribution in [3.05, 3.63) is 58.4 Å². The van der Waals surface area contributed by atoms with Gasteiger partial charge in [-0.25, -0.2) is 18.5 Å². The minimum atomic E-state index is -4.00. The fraction of sp³-hybridized carbons (Fsp3) is 0.278. The first-order valence-corrected chi connectivity index (χ1v) is 10.4. The molecule has 9 nitrogen and oxygen atoms in total. The zero-order valence-corrected chi connectivity index (χ0v) is 15.7. The SMILES string of the molecule is NS(=O)(=O)c1ccc(N2CCC(c3nc4ccccc4[nH]3)CC2)c([N+](=O)[O-])c1. The van der Waals surface area contributed by atoms with E-state index in [1.165, 1.54) is 12.1 Å². The molecule has 0 unspecified atom stereocenters. The number of benzene rings is 2. The van der Waals surface area contributed by atoms with E-state index in [9.17, 15) is 18.5 Å². The number of nitro benzene ring substituents is 1. The van der Waals surface area contributed by atoms with Crippen molar-refractivity contribution < 1.29 is 13.3 Å². The largest absolute Gasteiger partial charge is 0.366 e. The van der Waals surface area contributed by atoms with Crippen LogP contribution < -0.4 is 10.0 Å². The number of H-pyrrole nitrogens is 1. The highest BCUT2D eigenvalue weighted by atomic mass is 32.2. The summed E-state index contributed by atoms with van der Waals surface area (Å²) in [5, 5.41) is 16.6. The van der Waals surface area contributed by atoms with Crippen molar-refractivity contribution in [2.75, 3.05) is 18.0 Å². The summed E-state index contributed by atoms with van der Waals surface area (Å²) in [6.07, 6.45) is 1.57. The number of nitrogens with two attached hydrogens (primary N) is 1. The minimum absolute atomic E-state index is 0.242. The Balaban J connectivity index is 1.55. The Morgan fingerprint density at radius 1 is 1.18 bits per heavy atom. The molecule has 146 valence electrons. The van der Waals surface area contributed by atoms with Gasteiger partial charge in [0.15, 0.2) is 0 Å². The number of aromatic amines is 1. The average molecular weight is 401 g/mol. The van der Waals surface area contributed by atoms with Crippen LogP contribution in [0.3, 0.4) is 0 Å². The summed E-state index contributed by atoms with van der Waals surface area (Å²) in [4.78, 5) is 20.5. The van der Waals surface area contributed by atoms with E-state index < -0.39 is 14.9 Å². The molecular formula is C18H19N5O4S. The highest BCUT2D eigenvalue weighted by Gasteiger charge is 2.28. The molecule has 3 aromatic rings. The summed E-state index contributed by atoms with van der Waals surface area (Å²) in [5.41, 5.74) is 2.07. The molecule has 10 heteroatoms. The van der Waals surface area contributed by atoms with Gasteiger partial charge in [-0.3, -0.25) is 10.1 Å². The van der Waals surface area contributed by atoms with E-state index >= 15 is 0 Å². The summed E-state index contributed by atoms with van der Waals surface area (Å²) in [6, 6.07) is 11.6. The lowest BCUT2D eigenvalue weighted by Gasteiger charge is -2.32. The second-order valence-electron chi connectivity index (χ2n) is 6.85. The zero-order valence-electron chi connectivity index (χ0n) is 14.9. The van der Waals surface area contributed by atoms with E-state index in [0.717, 1.165) is 35.8 Å². The molecule has 3 N–H and O–H groups in total. The van der Waals surface area contributed by atoms with Gasteiger partial charge >= 0.3 is 0 Å². The number of imidazole rings is 1. The Bertz CT molecular complexity index is 1120. The van der Waals surface area contributed by atoms with Crippen LogP contribution in [0.25, 0.3) is 11.0 Å². The molecule has 0 saturated carbocycles. The maximum absolute atomic E-state index is 11.5. The lowest BCUT2D eigenvalue weighted by Crippen LogP contribution is -2.33. The van der Waals surface area contributed by atoms with Crippen LogP contribution >= 0.6 is 0 Å². The molecular weight excluding hydrogens is 382 g/mol. The van der Waals surface area contributed by atoms with Crippen molar-refractivity contribution in [1.82, 2.24) is 9.97 Å².